The number of nitrogens with zero attached hydrogens (tertiary/aromatic N) is 7. The molecule has 0 bridgehead atoms. The lowest BCUT2D eigenvalue weighted by atomic mass is 9.91. The largest absolute Gasteiger partial charge is 0.490 e. The summed E-state index contributed by atoms with van der Waals surface area (Å²) < 4.78 is 112. The normalized spacial score (nSPS) is 20.1. The number of fused-ring (bicyclic) bond motifs is 2. The topological polar surface area (TPSA) is 165 Å². The summed E-state index contributed by atoms with van der Waals surface area (Å²) in [5.74, 6) is -3.16. The van der Waals surface area contributed by atoms with Gasteiger partial charge in [0.15, 0.2) is 12.2 Å². The molecule has 3 aliphatic heterocycles. The molecule has 0 unspecified atom stereocenters. The van der Waals surface area contributed by atoms with E-state index in [9.17, 15) is 9.65 Å². The minimum Gasteiger partial charge on any atom is -0.490 e. The number of alkyl halides is 4. The molecule has 4 N–H and O–H groups in total. The molecule has 6 aromatic rings. The minimum absolute atomic E-state index is 0.0763. The first-order chi connectivity index (χ1) is 27.4. The van der Waals surface area contributed by atoms with Gasteiger partial charge in [-0.15, -0.1) is 11.3 Å². The number of rotatable bonds is 8. The van der Waals surface area contributed by atoms with E-state index in [1.165, 1.54) is 18.9 Å². The second-order valence-electron chi connectivity index (χ2n) is 14.3. The van der Waals surface area contributed by atoms with Crippen LogP contribution in [0.3, 0.4) is 0 Å². The Hall–Kier alpha value is -5.87. The van der Waals surface area contributed by atoms with Crippen molar-refractivity contribution in [3.63, 3.8) is 0 Å². The Morgan fingerprint density at radius 1 is 1.12 bits per heavy atom. The van der Waals surface area contributed by atoms with Crippen LogP contribution in [0.25, 0.3) is 32.1 Å². The molecule has 4 aromatic heterocycles. The molecule has 9 rings (SSSR count). The first kappa shape index (κ1) is 36.7. The molecule has 0 radical (unpaired) electrons. The number of pyridine rings is 1. The second-order valence-corrected chi connectivity index (χ2v) is 15.3. The van der Waals surface area contributed by atoms with Crippen molar-refractivity contribution in [2.75, 3.05) is 49.2 Å². The molecule has 2 aromatic carbocycles. The van der Waals surface area contributed by atoms with Gasteiger partial charge in [-0.25, -0.2) is 23.1 Å². The zero-order chi connectivity index (χ0) is 39.8. The Kier molecular flexibility index (Phi) is 8.80. The first-order valence-corrected chi connectivity index (χ1v) is 18.7. The number of hydrogen-bond acceptors (Lipinski definition) is 13. The monoisotopic (exact) mass is 807 g/mol. The predicted molar refractivity (Wildman–Crippen MR) is 197 cm³/mol. The van der Waals surface area contributed by atoms with Gasteiger partial charge in [0.25, 0.3) is 0 Å². The van der Waals surface area contributed by atoms with Crippen molar-refractivity contribution in [3.8, 4) is 29.0 Å². The van der Waals surface area contributed by atoms with Gasteiger partial charge in [0, 0.05) is 42.1 Å². The van der Waals surface area contributed by atoms with E-state index in [0.717, 1.165) is 18.6 Å². The number of nitrogens with two attached hydrogens (primary N) is 2. The van der Waals surface area contributed by atoms with Gasteiger partial charge < -0.3 is 30.3 Å². The van der Waals surface area contributed by atoms with E-state index in [1.807, 2.05) is 11.0 Å². The van der Waals surface area contributed by atoms with Crippen LogP contribution in [0.15, 0.2) is 47.5 Å². The van der Waals surface area contributed by atoms with Crippen molar-refractivity contribution in [2.24, 2.45) is 0 Å². The Morgan fingerprint density at radius 3 is 2.72 bits per heavy atom. The summed E-state index contributed by atoms with van der Waals surface area (Å²) in [6, 6.07) is 5.82. The molecule has 0 saturated carbocycles. The number of nitrogen functional groups attached to an aromatic ring is 2. The molecule has 57 heavy (non-hydrogen) atoms. The van der Waals surface area contributed by atoms with Crippen LogP contribution in [-0.4, -0.2) is 69.4 Å². The lowest BCUT2D eigenvalue weighted by Crippen LogP contribution is -2.43. The predicted octanol–water partition coefficient (Wildman–Crippen LogP) is 7.37. The molecule has 19 heteroatoms. The SMILES string of the molecule is N#Cc1c(N)sc2c(F)ccc(-c3c(C(F)(F)F)c4c5c(nc(OC[C@@]67CCCN6C[C@H](F)C7)nc5c3F)N([C@H](Cc3cocn3)c3cccnc3N)CCO4)c12. The van der Waals surface area contributed by atoms with E-state index in [4.69, 9.17) is 25.4 Å². The number of oxazole rings is 1. The zero-order valence-corrected chi connectivity index (χ0v) is 30.6. The van der Waals surface area contributed by atoms with Gasteiger partial charge in [-0.1, -0.05) is 12.1 Å². The van der Waals surface area contributed by atoms with Crippen LogP contribution in [0.4, 0.5) is 43.0 Å². The summed E-state index contributed by atoms with van der Waals surface area (Å²) in [5.41, 5.74) is 8.75. The molecule has 0 aliphatic carbocycles. The summed E-state index contributed by atoms with van der Waals surface area (Å²) in [6.07, 6.45) is -0.551. The van der Waals surface area contributed by atoms with Gasteiger partial charge in [-0.05, 0) is 37.1 Å². The van der Waals surface area contributed by atoms with Crippen molar-refractivity contribution in [1.82, 2.24) is 24.8 Å². The van der Waals surface area contributed by atoms with E-state index in [0.29, 0.717) is 35.6 Å². The maximum atomic E-state index is 17.6. The minimum atomic E-state index is -5.28. The number of halogens is 6. The Bertz CT molecular complexity index is 2600. The van der Waals surface area contributed by atoms with Crippen molar-refractivity contribution in [2.45, 2.75) is 49.6 Å². The van der Waals surface area contributed by atoms with Crippen molar-refractivity contribution < 1.29 is 40.2 Å². The molecule has 0 amide bonds. The molecule has 2 fully saturated rings. The van der Waals surface area contributed by atoms with Crippen molar-refractivity contribution in [3.05, 3.63) is 77.1 Å². The number of nitriles is 1. The lowest BCUT2D eigenvalue weighted by Gasteiger charge is -2.33. The van der Waals surface area contributed by atoms with Gasteiger partial charge in [0.2, 0.25) is 0 Å². The smallest absolute Gasteiger partial charge is 0.420 e. The van der Waals surface area contributed by atoms with Crippen LogP contribution in [0, 0.1) is 23.0 Å². The number of benzene rings is 2. The standard InChI is InChI=1S/C38H31F6N9O3S/c39-18-12-37(6-2-8-52(37)14-18)16-56-36-50-30-27-31(28(38(42,43)44)26(29(30)41)21-4-5-23(40)32-25(21)22(13-45)34(47)57-32)55-10-9-53(35(27)51-36)24(11-19-15-54-17-49-19)20-3-1-7-48-33(20)46/h1,3-5,7,15,17-18,24H,2,6,8-12,14,16,47H2,(H2,46,48)/t18-,24-,37+/m1/s1. The molecule has 12 nitrogen and oxygen atoms in total. The molecule has 2 saturated heterocycles. The summed E-state index contributed by atoms with van der Waals surface area (Å²) in [4.78, 5) is 21.2. The second kappa shape index (κ2) is 13.7. The van der Waals surface area contributed by atoms with Gasteiger partial charge in [0.05, 0.1) is 39.5 Å². The third-order valence-electron chi connectivity index (χ3n) is 11.1. The number of thiophene rings is 1. The summed E-state index contributed by atoms with van der Waals surface area (Å²) in [6.45, 7) is 0.329. The summed E-state index contributed by atoms with van der Waals surface area (Å²) in [7, 11) is 0. The summed E-state index contributed by atoms with van der Waals surface area (Å²) in [5, 5.41) is 9.12. The third-order valence-corrected chi connectivity index (χ3v) is 12.1. The quantitative estimate of drug-likeness (QED) is 0.147. The zero-order valence-electron chi connectivity index (χ0n) is 29.7. The highest BCUT2D eigenvalue weighted by Crippen LogP contribution is 2.54. The van der Waals surface area contributed by atoms with Gasteiger partial charge in [-0.3, -0.25) is 4.90 Å². The van der Waals surface area contributed by atoms with E-state index in [1.54, 1.807) is 17.0 Å². The molecule has 3 atom stereocenters. The van der Waals surface area contributed by atoms with Crippen LogP contribution >= 0.6 is 11.3 Å². The van der Waals surface area contributed by atoms with Gasteiger partial charge >= 0.3 is 12.2 Å². The number of anilines is 3. The molecule has 7 heterocycles. The fourth-order valence-electron chi connectivity index (χ4n) is 8.65. The molecular weight excluding hydrogens is 777 g/mol. The number of aromatic nitrogens is 4. The molecule has 3 aliphatic rings. The maximum absolute atomic E-state index is 17.6. The van der Waals surface area contributed by atoms with E-state index in [2.05, 4.69) is 19.9 Å². The van der Waals surface area contributed by atoms with Crippen LogP contribution < -0.4 is 25.8 Å². The summed E-state index contributed by atoms with van der Waals surface area (Å²) >= 11 is 0.656. The highest BCUT2D eigenvalue weighted by Gasteiger charge is 2.50. The van der Waals surface area contributed by atoms with E-state index < -0.39 is 68.9 Å². The average Bonchev–Trinajstić information content (AvgIpc) is 3.94. The highest BCUT2D eigenvalue weighted by molar-refractivity contribution is 7.23. The first-order valence-electron chi connectivity index (χ1n) is 17.9. The number of hydrogen-bond donors (Lipinski definition) is 2. The third kappa shape index (κ3) is 6.00. The van der Waals surface area contributed by atoms with Crippen molar-refractivity contribution >= 4 is 49.0 Å². The Labute approximate surface area is 323 Å². The molecule has 0 spiro atoms. The maximum Gasteiger partial charge on any atom is 0.420 e. The van der Waals surface area contributed by atoms with Crippen LogP contribution in [0.5, 0.6) is 11.8 Å². The fraction of sp³-hybridized carbons (Fsp3) is 0.342. The molecule has 294 valence electrons. The van der Waals surface area contributed by atoms with E-state index in [-0.39, 0.29) is 77.4 Å². The average molecular weight is 808 g/mol. The number of ether oxygens (including phenoxy) is 2. The molecular formula is C38H31F6N9O3S. The Morgan fingerprint density at radius 2 is 1.96 bits per heavy atom. The van der Waals surface area contributed by atoms with Gasteiger partial charge in [0.1, 0.15) is 71.0 Å². The van der Waals surface area contributed by atoms with Crippen molar-refractivity contribution in [1.29, 1.82) is 5.26 Å². The Balaban J connectivity index is 1.33. The van der Waals surface area contributed by atoms with Crippen LogP contribution in [0.2, 0.25) is 0 Å². The van der Waals surface area contributed by atoms with Crippen LogP contribution in [0.1, 0.15) is 47.7 Å². The fourth-order valence-corrected chi connectivity index (χ4v) is 9.60. The van der Waals surface area contributed by atoms with Crippen LogP contribution in [-0.2, 0) is 12.6 Å². The highest BCUT2D eigenvalue weighted by atomic mass is 32.1. The van der Waals surface area contributed by atoms with Gasteiger partial charge in [-0.2, -0.15) is 28.4 Å². The van der Waals surface area contributed by atoms with E-state index >= 15 is 22.0 Å². The lowest BCUT2D eigenvalue weighted by molar-refractivity contribution is -0.138.